The van der Waals surface area contributed by atoms with Gasteiger partial charge in [0.1, 0.15) is 5.75 Å². The van der Waals surface area contributed by atoms with Crippen LogP contribution in [0.3, 0.4) is 0 Å². The number of benzene rings is 3. The first-order chi connectivity index (χ1) is 11.1. The summed E-state index contributed by atoms with van der Waals surface area (Å²) in [5, 5.41) is 0.231. The topological polar surface area (TPSA) is 55.8 Å². The van der Waals surface area contributed by atoms with Gasteiger partial charge in [-0.15, -0.1) is 0 Å². The highest BCUT2D eigenvalue weighted by Gasteiger charge is 2.25. The molecule has 1 atom stereocenters. The van der Waals surface area contributed by atoms with Crippen LogP contribution in [0.15, 0.2) is 84.9 Å². The summed E-state index contributed by atoms with van der Waals surface area (Å²) in [4.78, 5) is 10.2. The Kier molecular flexibility index (Phi) is 4.47. The Bertz CT molecular complexity index is 819. The Morgan fingerprint density at radius 3 is 1.87 bits per heavy atom. The van der Waals surface area contributed by atoms with Crippen molar-refractivity contribution in [3.05, 3.63) is 84.9 Å². The number of para-hydroxylation sites is 3. The van der Waals surface area contributed by atoms with Gasteiger partial charge in [0.15, 0.2) is 11.5 Å². The van der Waals surface area contributed by atoms with Gasteiger partial charge in [0.2, 0.25) is 0 Å². The average Bonchev–Trinajstić information content (AvgIpc) is 2.58. The number of rotatable bonds is 5. The lowest BCUT2D eigenvalue weighted by atomic mass is 10.3. The smallest absolute Gasteiger partial charge is 0.408 e. The van der Waals surface area contributed by atoms with Crippen LogP contribution >= 0.6 is 7.60 Å². The van der Waals surface area contributed by atoms with Crippen molar-refractivity contribution in [3.8, 4) is 17.2 Å². The van der Waals surface area contributed by atoms with E-state index in [0.717, 1.165) is 0 Å². The number of ether oxygens (including phenoxy) is 1. The monoisotopic (exact) mass is 326 g/mol. The summed E-state index contributed by atoms with van der Waals surface area (Å²) in [6.07, 6.45) is 0. The third-order valence-electron chi connectivity index (χ3n) is 3.12. The van der Waals surface area contributed by atoms with Gasteiger partial charge in [-0.25, -0.2) is 4.57 Å². The Labute approximate surface area is 134 Å². The van der Waals surface area contributed by atoms with Gasteiger partial charge in [-0.3, -0.25) is 0 Å². The van der Waals surface area contributed by atoms with Crippen molar-refractivity contribution in [1.29, 1.82) is 0 Å². The first-order valence-electron chi connectivity index (χ1n) is 7.05. The van der Waals surface area contributed by atoms with Crippen LogP contribution in [0.5, 0.6) is 17.2 Å². The van der Waals surface area contributed by atoms with Crippen molar-refractivity contribution in [2.24, 2.45) is 0 Å². The molecule has 23 heavy (non-hydrogen) atoms. The fraction of sp³-hybridized carbons (Fsp3) is 0. The molecule has 3 aromatic carbocycles. The van der Waals surface area contributed by atoms with Gasteiger partial charge in [0.05, 0.1) is 5.30 Å². The highest BCUT2D eigenvalue weighted by Crippen LogP contribution is 2.45. The molecule has 0 heterocycles. The minimum absolute atomic E-state index is 0.214. The van der Waals surface area contributed by atoms with E-state index in [4.69, 9.17) is 9.26 Å². The predicted octanol–water partition coefficient (Wildman–Crippen LogP) is 4.37. The molecule has 1 N–H and O–H groups in total. The first kappa shape index (κ1) is 15.3. The third-order valence-corrected chi connectivity index (χ3v) is 4.52. The van der Waals surface area contributed by atoms with Crippen LogP contribution < -0.4 is 14.6 Å². The normalized spacial score (nSPS) is 13.1. The van der Waals surface area contributed by atoms with Gasteiger partial charge in [0.25, 0.3) is 0 Å². The summed E-state index contributed by atoms with van der Waals surface area (Å²) < 4.78 is 23.6. The maximum Gasteiger partial charge on any atom is 0.408 e. The van der Waals surface area contributed by atoms with Gasteiger partial charge in [-0.2, -0.15) is 0 Å². The maximum atomic E-state index is 12.5. The standard InChI is InChI=1S/C18H15O4P/c19-23(20,16-11-5-2-6-12-16)22-18-14-8-7-13-17(18)21-15-9-3-1-4-10-15/h1-14H,(H,19,20). The second kappa shape index (κ2) is 6.69. The van der Waals surface area contributed by atoms with E-state index in [1.165, 1.54) is 0 Å². The van der Waals surface area contributed by atoms with Gasteiger partial charge in [-0.1, -0.05) is 48.5 Å². The van der Waals surface area contributed by atoms with Crippen LogP contribution in [0.4, 0.5) is 0 Å². The zero-order valence-electron chi connectivity index (χ0n) is 12.2. The predicted molar refractivity (Wildman–Crippen MR) is 89.5 cm³/mol. The second-order valence-corrected chi connectivity index (χ2v) is 6.55. The minimum atomic E-state index is -3.98. The third kappa shape index (κ3) is 3.81. The van der Waals surface area contributed by atoms with Crippen LogP contribution in [-0.4, -0.2) is 4.89 Å². The van der Waals surface area contributed by atoms with Gasteiger partial charge in [0, 0.05) is 0 Å². The quantitative estimate of drug-likeness (QED) is 0.708. The summed E-state index contributed by atoms with van der Waals surface area (Å²) in [5.41, 5.74) is 0. The molecule has 5 heteroatoms. The van der Waals surface area contributed by atoms with Gasteiger partial charge >= 0.3 is 7.60 Å². The van der Waals surface area contributed by atoms with Crippen LogP contribution in [0.25, 0.3) is 0 Å². The van der Waals surface area contributed by atoms with Gasteiger partial charge < -0.3 is 14.2 Å². The Balaban J connectivity index is 1.88. The number of hydrogen-bond acceptors (Lipinski definition) is 3. The zero-order chi connectivity index (χ0) is 16.1. The molecular formula is C18H15O4P. The van der Waals surface area contributed by atoms with Crippen LogP contribution in [-0.2, 0) is 4.57 Å². The van der Waals surface area contributed by atoms with E-state index in [-0.39, 0.29) is 11.1 Å². The summed E-state index contributed by atoms with van der Waals surface area (Å²) in [7, 11) is -3.98. The van der Waals surface area contributed by atoms with E-state index in [1.54, 1.807) is 66.7 Å². The summed E-state index contributed by atoms with van der Waals surface area (Å²) in [5.74, 6) is 1.21. The highest BCUT2D eigenvalue weighted by atomic mass is 31.2. The van der Waals surface area contributed by atoms with Crippen molar-refractivity contribution in [2.45, 2.75) is 0 Å². The molecule has 1 unspecified atom stereocenters. The summed E-state index contributed by atoms with van der Waals surface area (Å²) in [6, 6.07) is 24.2. The van der Waals surface area contributed by atoms with Crippen LogP contribution in [0.1, 0.15) is 0 Å². The summed E-state index contributed by atoms with van der Waals surface area (Å²) in [6.45, 7) is 0. The minimum Gasteiger partial charge on any atom is -0.453 e. The molecule has 0 saturated carbocycles. The fourth-order valence-corrected chi connectivity index (χ4v) is 3.10. The molecular weight excluding hydrogens is 311 g/mol. The lowest BCUT2D eigenvalue weighted by Gasteiger charge is -2.16. The van der Waals surface area contributed by atoms with E-state index in [0.29, 0.717) is 11.5 Å². The van der Waals surface area contributed by atoms with Crippen molar-refractivity contribution in [3.63, 3.8) is 0 Å². The molecule has 0 aliphatic rings. The molecule has 0 amide bonds. The Hall–Kier alpha value is -2.55. The van der Waals surface area contributed by atoms with E-state index < -0.39 is 7.60 Å². The molecule has 3 rings (SSSR count). The largest absolute Gasteiger partial charge is 0.453 e. The zero-order valence-corrected chi connectivity index (χ0v) is 13.1. The molecule has 116 valence electrons. The first-order valence-corrected chi connectivity index (χ1v) is 8.63. The van der Waals surface area contributed by atoms with E-state index in [1.807, 2.05) is 18.2 Å². The molecule has 4 nitrogen and oxygen atoms in total. The van der Waals surface area contributed by atoms with Crippen molar-refractivity contribution >= 4 is 12.9 Å². The van der Waals surface area contributed by atoms with Crippen molar-refractivity contribution < 1.29 is 18.7 Å². The SMILES string of the molecule is O=P(O)(Oc1ccccc1Oc1ccccc1)c1ccccc1. The van der Waals surface area contributed by atoms with Gasteiger partial charge in [-0.05, 0) is 36.4 Å². The van der Waals surface area contributed by atoms with Crippen LogP contribution in [0, 0.1) is 0 Å². The average molecular weight is 326 g/mol. The maximum absolute atomic E-state index is 12.5. The molecule has 0 aromatic heterocycles. The van der Waals surface area contributed by atoms with Crippen LogP contribution in [0.2, 0.25) is 0 Å². The molecule has 0 aliphatic heterocycles. The molecule has 0 spiro atoms. The van der Waals surface area contributed by atoms with E-state index in [2.05, 4.69) is 0 Å². The Morgan fingerprint density at radius 1 is 0.696 bits per heavy atom. The molecule has 0 saturated heterocycles. The van der Waals surface area contributed by atoms with Crippen molar-refractivity contribution in [2.75, 3.05) is 0 Å². The van der Waals surface area contributed by atoms with E-state index >= 15 is 0 Å². The molecule has 0 bridgehead atoms. The van der Waals surface area contributed by atoms with E-state index in [9.17, 15) is 9.46 Å². The fourth-order valence-electron chi connectivity index (χ4n) is 2.03. The lowest BCUT2D eigenvalue weighted by molar-refractivity contribution is 0.379. The molecule has 0 fully saturated rings. The molecule has 0 aliphatic carbocycles. The summed E-state index contributed by atoms with van der Waals surface area (Å²) >= 11 is 0. The Morgan fingerprint density at radius 2 is 1.22 bits per heavy atom. The highest BCUT2D eigenvalue weighted by molar-refractivity contribution is 7.61. The number of hydrogen-bond donors (Lipinski definition) is 1. The lowest BCUT2D eigenvalue weighted by Crippen LogP contribution is -2.08. The second-order valence-electron chi connectivity index (χ2n) is 4.81. The molecule has 3 aromatic rings. The van der Waals surface area contributed by atoms with Crippen molar-refractivity contribution in [1.82, 2.24) is 0 Å². The molecule has 0 radical (unpaired) electrons.